The van der Waals surface area contributed by atoms with Crippen molar-refractivity contribution in [3.63, 3.8) is 0 Å². The molecule has 0 aromatic heterocycles. The summed E-state index contributed by atoms with van der Waals surface area (Å²) in [7, 11) is -3.56. The number of hydrogen-bond acceptors (Lipinski definition) is 5. The molecule has 10 heteroatoms. The van der Waals surface area contributed by atoms with Crippen LogP contribution in [0.2, 0.25) is 0 Å². The lowest BCUT2D eigenvalue weighted by molar-refractivity contribution is -0.117. The summed E-state index contributed by atoms with van der Waals surface area (Å²) < 4.78 is 56.2. The first-order chi connectivity index (χ1) is 15.3. The summed E-state index contributed by atoms with van der Waals surface area (Å²) in [5.74, 6) is -0.249. The van der Waals surface area contributed by atoms with Gasteiger partial charge in [0.05, 0.1) is 11.4 Å². The van der Waals surface area contributed by atoms with E-state index in [1.807, 2.05) is 11.0 Å². The Labute approximate surface area is 186 Å². The minimum atomic E-state index is -3.56. The molecule has 1 amide bonds. The zero-order valence-electron chi connectivity index (χ0n) is 17.5. The van der Waals surface area contributed by atoms with Gasteiger partial charge in [0, 0.05) is 31.9 Å². The van der Waals surface area contributed by atoms with Gasteiger partial charge in [0.1, 0.15) is 5.75 Å². The molecule has 2 aromatic carbocycles. The third-order valence-electron chi connectivity index (χ3n) is 5.77. The van der Waals surface area contributed by atoms with Gasteiger partial charge in [-0.05, 0) is 66.8 Å². The molecular formula is C22H25F2N3O4S. The van der Waals surface area contributed by atoms with Crippen molar-refractivity contribution < 1.29 is 26.7 Å². The highest BCUT2D eigenvalue weighted by Gasteiger charge is 2.30. The lowest BCUT2D eigenvalue weighted by Gasteiger charge is -2.33. The number of ether oxygens (including phenoxy) is 1. The van der Waals surface area contributed by atoms with Crippen LogP contribution in [-0.2, 0) is 27.7 Å². The van der Waals surface area contributed by atoms with Crippen LogP contribution in [0.4, 0.5) is 14.5 Å². The fourth-order valence-corrected chi connectivity index (χ4v) is 5.58. The van der Waals surface area contributed by atoms with E-state index in [0.29, 0.717) is 36.8 Å². The predicted octanol–water partition coefficient (Wildman–Crippen LogP) is 2.72. The Morgan fingerprint density at radius 2 is 1.69 bits per heavy atom. The molecule has 4 rings (SSSR count). The largest absolute Gasteiger partial charge is 0.435 e. The van der Waals surface area contributed by atoms with Gasteiger partial charge >= 0.3 is 6.61 Å². The summed E-state index contributed by atoms with van der Waals surface area (Å²) in [6, 6.07) is 11.1. The van der Waals surface area contributed by atoms with Crippen molar-refractivity contribution >= 4 is 21.6 Å². The number of halogens is 2. The van der Waals surface area contributed by atoms with E-state index >= 15 is 0 Å². The molecule has 32 heavy (non-hydrogen) atoms. The van der Waals surface area contributed by atoms with Gasteiger partial charge < -0.3 is 10.1 Å². The van der Waals surface area contributed by atoms with Crippen molar-refractivity contribution in [2.75, 3.05) is 38.0 Å². The van der Waals surface area contributed by atoms with Crippen LogP contribution in [0.15, 0.2) is 47.4 Å². The molecule has 1 saturated heterocycles. The lowest BCUT2D eigenvalue weighted by Crippen LogP contribution is -2.50. The number of carbonyl (C=O) groups excluding carboxylic acids is 1. The number of rotatable bonds is 7. The number of nitrogens with zero attached hydrogens (tertiary/aromatic N) is 2. The van der Waals surface area contributed by atoms with Gasteiger partial charge in [0.15, 0.2) is 0 Å². The van der Waals surface area contributed by atoms with E-state index in [2.05, 4.69) is 10.1 Å². The summed E-state index contributed by atoms with van der Waals surface area (Å²) in [6.45, 7) is -1.28. The Balaban J connectivity index is 1.28. The SMILES string of the molecule is O=C(CN1CCN(S(=O)(=O)c2ccc3c(c2)CCC3)CC1)Nc1ccc(OC(F)F)cc1. The summed E-state index contributed by atoms with van der Waals surface area (Å²) >= 11 is 0. The van der Waals surface area contributed by atoms with Crippen molar-refractivity contribution in [3.8, 4) is 5.75 Å². The summed E-state index contributed by atoms with van der Waals surface area (Å²) in [5.41, 5.74) is 2.82. The van der Waals surface area contributed by atoms with Crippen LogP contribution in [0.3, 0.4) is 0 Å². The molecule has 0 unspecified atom stereocenters. The summed E-state index contributed by atoms with van der Waals surface area (Å²) in [4.78, 5) is 14.5. The van der Waals surface area contributed by atoms with Crippen LogP contribution in [0.1, 0.15) is 17.5 Å². The topological polar surface area (TPSA) is 79.0 Å². The van der Waals surface area contributed by atoms with E-state index in [-0.39, 0.29) is 18.2 Å². The number of aryl methyl sites for hydroxylation is 2. The second kappa shape index (κ2) is 9.51. The number of anilines is 1. The molecule has 2 aliphatic rings. The molecule has 172 valence electrons. The maximum atomic E-state index is 13.0. The summed E-state index contributed by atoms with van der Waals surface area (Å²) in [5, 5.41) is 2.71. The number of benzene rings is 2. The van der Waals surface area contributed by atoms with Gasteiger partial charge in [-0.3, -0.25) is 9.69 Å². The second-order valence-electron chi connectivity index (χ2n) is 7.92. The van der Waals surface area contributed by atoms with E-state index in [4.69, 9.17) is 0 Å². The van der Waals surface area contributed by atoms with Gasteiger partial charge in [0.25, 0.3) is 0 Å². The molecule has 7 nitrogen and oxygen atoms in total. The van der Waals surface area contributed by atoms with E-state index in [0.717, 1.165) is 24.8 Å². The quantitative estimate of drug-likeness (QED) is 0.680. The fourth-order valence-electron chi connectivity index (χ4n) is 4.11. The number of nitrogens with one attached hydrogen (secondary N) is 1. The Hall–Kier alpha value is -2.56. The Bertz CT molecular complexity index is 1070. The van der Waals surface area contributed by atoms with Crippen LogP contribution in [0, 0.1) is 0 Å². The lowest BCUT2D eigenvalue weighted by atomic mass is 10.1. The third-order valence-corrected chi connectivity index (χ3v) is 7.66. The Morgan fingerprint density at radius 3 is 2.38 bits per heavy atom. The maximum Gasteiger partial charge on any atom is 0.387 e. The molecule has 1 N–H and O–H groups in total. The zero-order chi connectivity index (χ0) is 22.7. The van der Waals surface area contributed by atoms with Crippen molar-refractivity contribution in [1.82, 2.24) is 9.21 Å². The van der Waals surface area contributed by atoms with Gasteiger partial charge in [-0.1, -0.05) is 6.07 Å². The van der Waals surface area contributed by atoms with Crippen molar-refractivity contribution in [2.24, 2.45) is 0 Å². The maximum absolute atomic E-state index is 13.0. The van der Waals surface area contributed by atoms with Gasteiger partial charge in [-0.15, -0.1) is 0 Å². The first kappa shape index (κ1) is 22.6. The fraction of sp³-hybridized carbons (Fsp3) is 0.409. The van der Waals surface area contributed by atoms with Crippen molar-refractivity contribution in [1.29, 1.82) is 0 Å². The molecule has 0 saturated carbocycles. The minimum Gasteiger partial charge on any atom is -0.435 e. The monoisotopic (exact) mass is 465 g/mol. The molecule has 0 radical (unpaired) electrons. The summed E-state index contributed by atoms with van der Waals surface area (Å²) in [6.07, 6.45) is 2.99. The van der Waals surface area contributed by atoms with Crippen LogP contribution in [-0.4, -0.2) is 62.9 Å². The van der Waals surface area contributed by atoms with Gasteiger partial charge in [0.2, 0.25) is 15.9 Å². The molecule has 1 fully saturated rings. The molecule has 0 spiro atoms. The van der Waals surface area contributed by atoms with E-state index < -0.39 is 16.6 Å². The molecule has 0 bridgehead atoms. The highest BCUT2D eigenvalue weighted by Crippen LogP contribution is 2.26. The number of sulfonamides is 1. The predicted molar refractivity (Wildman–Crippen MR) is 115 cm³/mol. The van der Waals surface area contributed by atoms with Crippen molar-refractivity contribution in [3.05, 3.63) is 53.6 Å². The number of fused-ring (bicyclic) bond motifs is 1. The molecule has 0 atom stereocenters. The average Bonchev–Trinajstić information content (AvgIpc) is 3.23. The van der Waals surface area contributed by atoms with Crippen LogP contribution in [0.25, 0.3) is 0 Å². The Morgan fingerprint density at radius 1 is 1.00 bits per heavy atom. The van der Waals surface area contributed by atoms with Gasteiger partial charge in [-0.2, -0.15) is 13.1 Å². The van der Waals surface area contributed by atoms with E-state index in [1.165, 1.54) is 34.1 Å². The van der Waals surface area contributed by atoms with Crippen molar-refractivity contribution in [2.45, 2.75) is 30.8 Å². The molecule has 1 heterocycles. The standard InChI is InChI=1S/C22H25F2N3O4S/c23-22(24)31-19-7-5-18(6-8-19)25-21(28)15-26-10-12-27(13-11-26)32(29,30)20-9-4-16-2-1-3-17(16)14-20/h4-9,14,22H,1-3,10-13,15H2,(H,25,28). The number of hydrogen-bond donors (Lipinski definition) is 1. The normalized spacial score (nSPS) is 17.3. The molecule has 2 aromatic rings. The first-order valence-corrected chi connectivity index (χ1v) is 11.9. The minimum absolute atomic E-state index is 0.0127. The second-order valence-corrected chi connectivity index (χ2v) is 9.85. The molecule has 1 aliphatic heterocycles. The van der Waals surface area contributed by atoms with E-state index in [1.54, 1.807) is 12.1 Å². The number of amides is 1. The van der Waals surface area contributed by atoms with Crippen LogP contribution >= 0.6 is 0 Å². The molecule has 1 aliphatic carbocycles. The van der Waals surface area contributed by atoms with Crippen LogP contribution < -0.4 is 10.1 Å². The first-order valence-electron chi connectivity index (χ1n) is 10.5. The number of piperazine rings is 1. The van der Waals surface area contributed by atoms with Gasteiger partial charge in [-0.25, -0.2) is 8.42 Å². The zero-order valence-corrected chi connectivity index (χ0v) is 18.3. The third kappa shape index (κ3) is 5.25. The highest BCUT2D eigenvalue weighted by molar-refractivity contribution is 7.89. The highest BCUT2D eigenvalue weighted by atomic mass is 32.2. The number of carbonyl (C=O) groups is 1. The molecular weight excluding hydrogens is 440 g/mol. The smallest absolute Gasteiger partial charge is 0.387 e. The Kier molecular flexibility index (Phi) is 6.73. The van der Waals surface area contributed by atoms with Crippen LogP contribution in [0.5, 0.6) is 5.75 Å². The van der Waals surface area contributed by atoms with E-state index in [9.17, 15) is 22.0 Å². The number of alkyl halides is 2. The average molecular weight is 466 g/mol.